The molecule has 4 nitrogen and oxygen atoms in total. The maximum atomic E-state index is 13.8. The van der Waals surface area contributed by atoms with Crippen molar-refractivity contribution in [2.45, 2.75) is 19.5 Å². The Morgan fingerprint density at radius 2 is 2.10 bits per heavy atom. The minimum absolute atomic E-state index is 0.235. The van der Waals surface area contributed by atoms with E-state index >= 15 is 0 Å². The number of amides is 1. The van der Waals surface area contributed by atoms with E-state index in [0.717, 1.165) is 12.1 Å². The van der Waals surface area contributed by atoms with E-state index in [0.29, 0.717) is 18.1 Å². The van der Waals surface area contributed by atoms with Crippen LogP contribution in [0.15, 0.2) is 24.4 Å². The van der Waals surface area contributed by atoms with Gasteiger partial charge in [0.25, 0.3) is 5.91 Å². The van der Waals surface area contributed by atoms with Crippen molar-refractivity contribution in [2.75, 3.05) is 5.32 Å². The highest BCUT2D eigenvalue weighted by molar-refractivity contribution is 6.04. The molecule has 0 saturated heterocycles. The maximum Gasteiger partial charge on any atom is 0.419 e. The third-order valence-corrected chi connectivity index (χ3v) is 2.89. The Morgan fingerprint density at radius 3 is 2.71 bits per heavy atom. The van der Waals surface area contributed by atoms with Crippen molar-refractivity contribution in [3.8, 4) is 0 Å². The topological polar surface area (TPSA) is 57.8 Å². The zero-order chi connectivity index (χ0) is 15.6. The Labute approximate surface area is 117 Å². The van der Waals surface area contributed by atoms with Crippen molar-refractivity contribution in [1.29, 1.82) is 0 Å². The van der Waals surface area contributed by atoms with Crippen LogP contribution >= 0.6 is 0 Å². The lowest BCUT2D eigenvalue weighted by atomic mass is 10.1. The summed E-state index contributed by atoms with van der Waals surface area (Å²) in [5.74, 6) is -2.34. The number of H-pyrrole nitrogens is 1. The second-order valence-electron chi connectivity index (χ2n) is 4.24. The summed E-state index contributed by atoms with van der Waals surface area (Å²) in [6, 6.07) is 2.55. The Hall–Kier alpha value is -2.38. The van der Waals surface area contributed by atoms with Crippen molar-refractivity contribution in [3.63, 3.8) is 0 Å². The number of aromatic nitrogens is 2. The van der Waals surface area contributed by atoms with Gasteiger partial charge in [-0.25, -0.2) is 4.39 Å². The first kappa shape index (κ1) is 15.0. The first-order chi connectivity index (χ1) is 9.84. The Bertz CT molecular complexity index is 664. The molecule has 2 N–H and O–H groups in total. The number of nitrogens with one attached hydrogen (secondary N) is 2. The molecule has 1 aromatic carbocycles. The normalized spacial score (nSPS) is 11.5. The molecule has 8 heteroatoms. The van der Waals surface area contributed by atoms with E-state index < -0.39 is 29.0 Å². The highest BCUT2D eigenvalue weighted by atomic mass is 19.4. The first-order valence-corrected chi connectivity index (χ1v) is 6.04. The van der Waals surface area contributed by atoms with E-state index in [1.807, 2.05) is 6.92 Å². The number of benzene rings is 1. The summed E-state index contributed by atoms with van der Waals surface area (Å²) >= 11 is 0. The van der Waals surface area contributed by atoms with E-state index in [4.69, 9.17) is 0 Å². The highest BCUT2D eigenvalue weighted by Crippen LogP contribution is 2.32. The predicted octanol–water partition coefficient (Wildman–Crippen LogP) is 3.38. The zero-order valence-electron chi connectivity index (χ0n) is 10.9. The van der Waals surface area contributed by atoms with Crippen LogP contribution in [-0.4, -0.2) is 16.1 Å². The Morgan fingerprint density at radius 1 is 1.38 bits per heavy atom. The van der Waals surface area contributed by atoms with Crippen LogP contribution in [0.1, 0.15) is 28.4 Å². The number of aryl methyl sites for hydroxylation is 1. The van der Waals surface area contributed by atoms with Gasteiger partial charge in [-0.15, -0.1) is 0 Å². The van der Waals surface area contributed by atoms with Gasteiger partial charge < -0.3 is 5.32 Å². The van der Waals surface area contributed by atoms with Crippen LogP contribution in [0.4, 0.5) is 23.4 Å². The van der Waals surface area contributed by atoms with Crippen molar-refractivity contribution in [3.05, 3.63) is 46.9 Å². The number of halogens is 4. The smallest absolute Gasteiger partial charge is 0.307 e. The molecular formula is C13H11F4N3O. The number of hydrogen-bond donors (Lipinski definition) is 2. The van der Waals surface area contributed by atoms with Crippen molar-refractivity contribution in [1.82, 2.24) is 10.2 Å². The fourth-order valence-corrected chi connectivity index (χ4v) is 1.79. The minimum atomic E-state index is -4.86. The zero-order valence-corrected chi connectivity index (χ0v) is 10.9. The summed E-state index contributed by atoms with van der Waals surface area (Å²) in [6.45, 7) is 1.81. The Kier molecular flexibility index (Phi) is 3.97. The molecule has 21 heavy (non-hydrogen) atoms. The number of aromatic amines is 1. The van der Waals surface area contributed by atoms with Crippen LogP contribution in [0.25, 0.3) is 0 Å². The molecule has 0 unspecified atom stereocenters. The van der Waals surface area contributed by atoms with E-state index in [1.54, 1.807) is 0 Å². The van der Waals surface area contributed by atoms with E-state index in [9.17, 15) is 22.4 Å². The van der Waals surface area contributed by atoms with Crippen molar-refractivity contribution < 1.29 is 22.4 Å². The van der Waals surface area contributed by atoms with Gasteiger partial charge in [-0.2, -0.15) is 18.3 Å². The number of hydrogen-bond acceptors (Lipinski definition) is 2. The fourth-order valence-electron chi connectivity index (χ4n) is 1.79. The number of rotatable bonds is 3. The molecule has 1 aromatic heterocycles. The summed E-state index contributed by atoms with van der Waals surface area (Å²) < 4.78 is 51.6. The van der Waals surface area contributed by atoms with Crippen LogP contribution in [0.2, 0.25) is 0 Å². The van der Waals surface area contributed by atoms with Gasteiger partial charge in [0.05, 0.1) is 17.3 Å². The molecule has 0 aliphatic rings. The van der Waals surface area contributed by atoms with Crippen LogP contribution in [0.5, 0.6) is 0 Å². The van der Waals surface area contributed by atoms with E-state index in [2.05, 4.69) is 15.5 Å². The summed E-state index contributed by atoms with van der Waals surface area (Å²) in [5, 5.41) is 8.51. The van der Waals surface area contributed by atoms with Gasteiger partial charge in [-0.1, -0.05) is 13.0 Å². The molecule has 0 spiro atoms. The van der Waals surface area contributed by atoms with Gasteiger partial charge >= 0.3 is 6.18 Å². The molecule has 0 saturated carbocycles. The molecule has 112 valence electrons. The second kappa shape index (κ2) is 5.55. The second-order valence-corrected chi connectivity index (χ2v) is 4.24. The Balaban J connectivity index is 2.32. The van der Waals surface area contributed by atoms with Gasteiger partial charge in [0, 0.05) is 5.56 Å². The maximum absolute atomic E-state index is 13.8. The van der Waals surface area contributed by atoms with Gasteiger partial charge in [-0.3, -0.25) is 9.89 Å². The van der Waals surface area contributed by atoms with Gasteiger partial charge in [0.15, 0.2) is 0 Å². The van der Waals surface area contributed by atoms with Crippen LogP contribution in [0, 0.1) is 5.82 Å². The molecule has 0 aliphatic carbocycles. The number of carbonyl (C=O) groups excluding carboxylic acids is 1. The lowest BCUT2D eigenvalue weighted by molar-refractivity contribution is -0.140. The van der Waals surface area contributed by atoms with Gasteiger partial charge in [0.1, 0.15) is 11.6 Å². The van der Waals surface area contributed by atoms with E-state index in [-0.39, 0.29) is 5.82 Å². The summed E-state index contributed by atoms with van der Waals surface area (Å²) in [4.78, 5) is 11.9. The minimum Gasteiger partial charge on any atom is -0.307 e. The van der Waals surface area contributed by atoms with E-state index in [1.165, 1.54) is 6.20 Å². The SMILES string of the molecule is CCc1cn[nH]c1NC(=O)c1cccc(C(F)(F)F)c1F. The van der Waals surface area contributed by atoms with Crippen molar-refractivity contribution in [2.24, 2.45) is 0 Å². The lowest BCUT2D eigenvalue weighted by Gasteiger charge is -2.11. The van der Waals surface area contributed by atoms with Crippen LogP contribution < -0.4 is 5.32 Å². The molecule has 0 aliphatic heterocycles. The highest BCUT2D eigenvalue weighted by Gasteiger charge is 2.35. The number of nitrogens with zero attached hydrogens (tertiary/aromatic N) is 1. The molecule has 1 amide bonds. The molecule has 0 atom stereocenters. The summed E-state index contributed by atoms with van der Waals surface area (Å²) in [5.41, 5.74) is -1.49. The third kappa shape index (κ3) is 3.04. The quantitative estimate of drug-likeness (QED) is 0.854. The lowest BCUT2D eigenvalue weighted by Crippen LogP contribution is -2.18. The predicted molar refractivity (Wildman–Crippen MR) is 67.3 cm³/mol. The number of carbonyl (C=O) groups is 1. The molecule has 0 bridgehead atoms. The largest absolute Gasteiger partial charge is 0.419 e. The fraction of sp³-hybridized carbons (Fsp3) is 0.231. The first-order valence-electron chi connectivity index (χ1n) is 6.04. The monoisotopic (exact) mass is 301 g/mol. The molecule has 2 aromatic rings. The molecule has 2 rings (SSSR count). The average molecular weight is 301 g/mol. The van der Waals surface area contributed by atoms with Crippen molar-refractivity contribution >= 4 is 11.7 Å². The van der Waals surface area contributed by atoms with Crippen LogP contribution in [-0.2, 0) is 12.6 Å². The molecule has 1 heterocycles. The molecule has 0 fully saturated rings. The summed E-state index contributed by atoms with van der Waals surface area (Å²) in [7, 11) is 0. The number of alkyl halides is 3. The standard InChI is InChI=1S/C13H11F4N3O/c1-2-7-6-18-20-11(7)19-12(21)8-4-3-5-9(10(8)14)13(15,16)17/h3-6H,2H2,1H3,(H2,18,19,20,21). The average Bonchev–Trinajstić information content (AvgIpc) is 2.84. The van der Waals surface area contributed by atoms with Gasteiger partial charge in [-0.05, 0) is 18.6 Å². The molecular weight excluding hydrogens is 290 g/mol. The third-order valence-electron chi connectivity index (χ3n) is 2.89. The number of anilines is 1. The van der Waals surface area contributed by atoms with Crippen LogP contribution in [0.3, 0.4) is 0 Å². The summed E-state index contributed by atoms with van der Waals surface area (Å²) in [6.07, 6.45) is -2.84. The molecule has 0 radical (unpaired) electrons. The van der Waals surface area contributed by atoms with Gasteiger partial charge in [0.2, 0.25) is 0 Å².